The molecule has 1 N–H and O–H groups in total. The van der Waals surface area contributed by atoms with Gasteiger partial charge in [-0.3, -0.25) is 0 Å². The van der Waals surface area contributed by atoms with Gasteiger partial charge in [0.2, 0.25) is 0 Å². The van der Waals surface area contributed by atoms with Crippen LogP contribution in [-0.2, 0) is 10.4 Å². The minimum Gasteiger partial charge on any atom is -0.465 e. The zero-order valence-electron chi connectivity index (χ0n) is 12.1. The number of nitrogens with one attached hydrogen (secondary N) is 1. The van der Waals surface area contributed by atoms with Crippen molar-refractivity contribution in [3.8, 4) is 11.3 Å². The van der Waals surface area contributed by atoms with Gasteiger partial charge in [0.15, 0.2) is 0 Å². The highest BCUT2D eigenvalue weighted by molar-refractivity contribution is 5.90. The minimum absolute atomic E-state index is 0.364. The highest BCUT2D eigenvalue weighted by Crippen LogP contribution is 2.30. The van der Waals surface area contributed by atoms with Gasteiger partial charge in [0, 0.05) is 23.0 Å². The lowest BCUT2D eigenvalue weighted by molar-refractivity contribution is 0.0600. The fourth-order valence-corrected chi connectivity index (χ4v) is 2.10. The summed E-state index contributed by atoms with van der Waals surface area (Å²) in [5.74, 6) is -0.364. The Kier molecular flexibility index (Phi) is 3.66. The molecule has 0 bridgehead atoms. The highest BCUT2D eigenvalue weighted by Gasteiger charge is 2.21. The number of ether oxygens (including phenoxy) is 1. The van der Waals surface area contributed by atoms with E-state index in [4.69, 9.17) is 0 Å². The molecule has 1 heterocycles. The number of aromatic nitrogens is 1. The Hall–Kier alpha value is -2.10. The van der Waals surface area contributed by atoms with Gasteiger partial charge in [0.1, 0.15) is 5.67 Å². The van der Waals surface area contributed by atoms with Gasteiger partial charge < -0.3 is 9.72 Å². The molecule has 0 amide bonds. The summed E-state index contributed by atoms with van der Waals surface area (Å²) in [5, 5.41) is 0. The average molecular weight is 275 g/mol. The maximum atomic E-state index is 13.9. The van der Waals surface area contributed by atoms with Crippen molar-refractivity contribution in [1.29, 1.82) is 0 Å². The van der Waals surface area contributed by atoms with Gasteiger partial charge in [-0.15, -0.1) is 0 Å². The van der Waals surface area contributed by atoms with Gasteiger partial charge in [-0.25, -0.2) is 9.18 Å². The molecule has 0 aliphatic carbocycles. The Bertz CT molecular complexity index is 638. The van der Waals surface area contributed by atoms with Crippen LogP contribution in [0.3, 0.4) is 0 Å². The number of H-pyrrole nitrogens is 1. The lowest BCUT2D eigenvalue weighted by Crippen LogP contribution is -2.06. The first-order valence-corrected chi connectivity index (χ1v) is 6.40. The van der Waals surface area contributed by atoms with Crippen LogP contribution in [-0.4, -0.2) is 18.1 Å². The van der Waals surface area contributed by atoms with Crippen molar-refractivity contribution in [2.45, 2.75) is 26.4 Å². The SMILES string of the molecule is COC(=O)c1ccc(-c2cc(C(C)(C)F)c[nH]2)c(C)c1. The van der Waals surface area contributed by atoms with Crippen LogP contribution in [0.15, 0.2) is 30.5 Å². The largest absolute Gasteiger partial charge is 0.465 e. The van der Waals surface area contributed by atoms with Crippen molar-refractivity contribution in [2.75, 3.05) is 7.11 Å². The number of hydrogen-bond acceptors (Lipinski definition) is 2. The Morgan fingerprint density at radius 3 is 2.50 bits per heavy atom. The summed E-state index contributed by atoms with van der Waals surface area (Å²) in [7, 11) is 1.35. The molecule has 1 aromatic heterocycles. The first kappa shape index (κ1) is 14.3. The number of methoxy groups -OCH3 is 1. The number of aromatic amines is 1. The van der Waals surface area contributed by atoms with Gasteiger partial charge in [-0.2, -0.15) is 0 Å². The van der Waals surface area contributed by atoms with Crippen molar-refractivity contribution >= 4 is 5.97 Å². The standard InChI is InChI=1S/C16H18FNO2/c1-10-7-11(15(19)20-4)5-6-13(10)14-8-12(9-18-14)16(2,3)17/h5-9,18H,1-4H3. The molecule has 0 saturated heterocycles. The van der Waals surface area contributed by atoms with Gasteiger partial charge in [0.05, 0.1) is 12.7 Å². The van der Waals surface area contributed by atoms with Gasteiger partial charge in [0.25, 0.3) is 0 Å². The van der Waals surface area contributed by atoms with Crippen LogP contribution in [0, 0.1) is 6.92 Å². The highest BCUT2D eigenvalue weighted by atomic mass is 19.1. The summed E-state index contributed by atoms with van der Waals surface area (Å²) in [5.41, 5.74) is 2.43. The zero-order valence-corrected chi connectivity index (χ0v) is 12.1. The summed E-state index contributed by atoms with van der Waals surface area (Å²) in [4.78, 5) is 14.5. The van der Waals surface area contributed by atoms with E-state index in [2.05, 4.69) is 9.72 Å². The molecule has 2 aromatic rings. The lowest BCUT2D eigenvalue weighted by atomic mass is 10.00. The number of halogens is 1. The normalized spacial score (nSPS) is 11.4. The number of esters is 1. The van der Waals surface area contributed by atoms with E-state index >= 15 is 0 Å². The van der Waals surface area contributed by atoms with E-state index in [1.54, 1.807) is 24.4 Å². The third-order valence-corrected chi connectivity index (χ3v) is 3.31. The summed E-state index contributed by atoms with van der Waals surface area (Å²) >= 11 is 0. The number of benzene rings is 1. The Morgan fingerprint density at radius 2 is 2.00 bits per heavy atom. The van der Waals surface area contributed by atoms with Crippen LogP contribution in [0.1, 0.15) is 35.3 Å². The monoisotopic (exact) mass is 275 g/mol. The fourth-order valence-electron chi connectivity index (χ4n) is 2.10. The third kappa shape index (κ3) is 2.74. The van der Waals surface area contributed by atoms with E-state index in [-0.39, 0.29) is 5.97 Å². The van der Waals surface area contributed by atoms with Crippen molar-refractivity contribution in [3.05, 3.63) is 47.2 Å². The van der Waals surface area contributed by atoms with Crippen LogP contribution < -0.4 is 0 Å². The number of hydrogen-bond donors (Lipinski definition) is 1. The molecular weight excluding hydrogens is 257 g/mol. The van der Waals surface area contributed by atoms with Gasteiger partial charge in [-0.05, 0) is 44.5 Å². The molecule has 4 heteroatoms. The van der Waals surface area contributed by atoms with Crippen molar-refractivity contribution in [3.63, 3.8) is 0 Å². The molecule has 2 rings (SSSR count). The summed E-state index contributed by atoms with van der Waals surface area (Å²) in [6, 6.07) is 7.10. The second-order valence-electron chi connectivity index (χ2n) is 5.30. The number of carbonyl (C=O) groups excluding carboxylic acids is 1. The van der Waals surface area contributed by atoms with Crippen LogP contribution in [0.5, 0.6) is 0 Å². The number of rotatable bonds is 3. The number of carbonyl (C=O) groups is 1. The second-order valence-corrected chi connectivity index (χ2v) is 5.30. The lowest BCUT2D eigenvalue weighted by Gasteiger charge is -2.11. The molecule has 0 radical (unpaired) electrons. The zero-order chi connectivity index (χ0) is 14.9. The van der Waals surface area contributed by atoms with E-state index in [0.29, 0.717) is 11.1 Å². The first-order valence-electron chi connectivity index (χ1n) is 6.40. The Labute approximate surface area is 117 Å². The first-order chi connectivity index (χ1) is 9.32. The van der Waals surface area contributed by atoms with Crippen molar-refractivity contribution in [1.82, 2.24) is 4.98 Å². The molecule has 1 aromatic carbocycles. The molecule has 0 aliphatic rings. The molecule has 0 spiro atoms. The molecule has 0 atom stereocenters. The topological polar surface area (TPSA) is 42.1 Å². The van der Waals surface area contributed by atoms with Crippen LogP contribution in [0.2, 0.25) is 0 Å². The Balaban J connectivity index is 2.39. The molecule has 106 valence electrons. The van der Waals surface area contributed by atoms with Gasteiger partial charge >= 0.3 is 5.97 Å². The smallest absolute Gasteiger partial charge is 0.337 e. The van der Waals surface area contributed by atoms with Crippen molar-refractivity contribution < 1.29 is 13.9 Å². The molecule has 0 aliphatic heterocycles. The maximum Gasteiger partial charge on any atom is 0.337 e. The average Bonchev–Trinajstić information content (AvgIpc) is 2.87. The van der Waals surface area contributed by atoms with E-state index in [0.717, 1.165) is 16.8 Å². The second kappa shape index (κ2) is 5.12. The van der Waals surface area contributed by atoms with Crippen molar-refractivity contribution in [2.24, 2.45) is 0 Å². The van der Waals surface area contributed by atoms with Crippen LogP contribution in [0.25, 0.3) is 11.3 Å². The molecule has 20 heavy (non-hydrogen) atoms. The predicted molar refractivity (Wildman–Crippen MR) is 76.4 cm³/mol. The summed E-state index contributed by atoms with van der Waals surface area (Å²) in [6.07, 6.45) is 1.67. The van der Waals surface area contributed by atoms with Crippen LogP contribution >= 0.6 is 0 Å². The summed E-state index contributed by atoms with van der Waals surface area (Å²) < 4.78 is 18.6. The fraction of sp³-hybridized carbons (Fsp3) is 0.312. The quantitative estimate of drug-likeness (QED) is 0.861. The number of aryl methyl sites for hydroxylation is 1. The van der Waals surface area contributed by atoms with Gasteiger partial charge in [-0.1, -0.05) is 6.07 Å². The predicted octanol–water partition coefficient (Wildman–Crippen LogP) is 3.98. The van der Waals surface area contributed by atoms with Crippen LogP contribution in [0.4, 0.5) is 4.39 Å². The summed E-state index contributed by atoms with van der Waals surface area (Å²) in [6.45, 7) is 4.95. The molecular formula is C16H18FNO2. The third-order valence-electron chi connectivity index (χ3n) is 3.31. The maximum absolute atomic E-state index is 13.9. The van der Waals surface area contributed by atoms with E-state index in [1.165, 1.54) is 21.0 Å². The molecule has 0 fully saturated rings. The van der Waals surface area contributed by atoms with E-state index in [1.807, 2.05) is 13.0 Å². The molecule has 0 saturated carbocycles. The molecule has 3 nitrogen and oxygen atoms in total. The van der Waals surface area contributed by atoms with E-state index < -0.39 is 5.67 Å². The van der Waals surface area contributed by atoms with E-state index in [9.17, 15) is 9.18 Å². The minimum atomic E-state index is -1.38. The number of alkyl halides is 1. The Morgan fingerprint density at radius 1 is 1.30 bits per heavy atom. The molecule has 0 unspecified atom stereocenters.